The van der Waals surface area contributed by atoms with Crippen LogP contribution in [0.15, 0.2) is 22.3 Å². The average molecular weight is 443 g/mol. The Morgan fingerprint density at radius 1 is 1.32 bits per heavy atom. The van der Waals surface area contributed by atoms with Gasteiger partial charge in [-0.3, -0.25) is 14.4 Å². The van der Waals surface area contributed by atoms with E-state index in [1.165, 1.54) is 4.88 Å². The number of aromatic nitrogens is 2. The van der Waals surface area contributed by atoms with Crippen molar-refractivity contribution in [3.05, 3.63) is 49.8 Å². The summed E-state index contributed by atoms with van der Waals surface area (Å²) in [5.74, 6) is 0.625. The third-order valence-corrected chi connectivity index (χ3v) is 7.26. The molecule has 31 heavy (non-hydrogen) atoms. The maximum absolute atomic E-state index is 13.3. The third-order valence-electron chi connectivity index (χ3n) is 6.36. The second-order valence-corrected chi connectivity index (χ2v) is 9.56. The van der Waals surface area contributed by atoms with Crippen LogP contribution in [-0.4, -0.2) is 44.7 Å². The van der Waals surface area contributed by atoms with Gasteiger partial charge in [0.05, 0.1) is 18.3 Å². The molecule has 8 heteroatoms. The fourth-order valence-electron chi connectivity index (χ4n) is 4.63. The number of amides is 2. The number of thiophene rings is 1. The van der Waals surface area contributed by atoms with Crippen LogP contribution in [0.5, 0.6) is 0 Å². The number of nitrogens with one attached hydrogen (secondary N) is 1. The zero-order valence-corrected chi connectivity index (χ0v) is 19.0. The number of rotatable bonds is 5. The highest BCUT2D eigenvalue weighted by molar-refractivity contribution is 7.09. The Kier molecular flexibility index (Phi) is 6.55. The maximum atomic E-state index is 13.3. The van der Waals surface area contributed by atoms with Crippen molar-refractivity contribution in [2.24, 2.45) is 5.92 Å². The van der Waals surface area contributed by atoms with Gasteiger partial charge in [0.2, 0.25) is 11.8 Å². The van der Waals surface area contributed by atoms with Crippen LogP contribution in [0.25, 0.3) is 0 Å². The Morgan fingerprint density at radius 3 is 2.90 bits per heavy atom. The van der Waals surface area contributed by atoms with Crippen LogP contribution in [0.1, 0.15) is 67.5 Å². The summed E-state index contributed by atoms with van der Waals surface area (Å²) in [5, 5.41) is 2.03. The molecule has 1 N–H and O–H groups in total. The smallest absolute Gasteiger partial charge is 0.254 e. The van der Waals surface area contributed by atoms with Crippen molar-refractivity contribution in [2.45, 2.75) is 65.0 Å². The topological polar surface area (TPSA) is 86.4 Å². The van der Waals surface area contributed by atoms with E-state index in [1.807, 2.05) is 30.2 Å². The van der Waals surface area contributed by atoms with Gasteiger partial charge in [-0.15, -0.1) is 11.3 Å². The number of carbonyl (C=O) groups is 2. The number of hydrogen-bond acceptors (Lipinski definition) is 5. The molecule has 2 aliphatic rings. The number of H-pyrrole nitrogens is 1. The number of likely N-dealkylation sites (tertiary alicyclic amines) is 1. The number of aromatic amines is 1. The van der Waals surface area contributed by atoms with E-state index >= 15 is 0 Å². The fourth-order valence-corrected chi connectivity index (χ4v) is 5.47. The van der Waals surface area contributed by atoms with Gasteiger partial charge >= 0.3 is 0 Å². The average Bonchev–Trinajstić information content (AvgIpc) is 3.30. The predicted octanol–water partition coefficient (Wildman–Crippen LogP) is 3.06. The molecular weight excluding hydrogens is 412 g/mol. The van der Waals surface area contributed by atoms with Crippen LogP contribution in [-0.2, 0) is 29.0 Å². The summed E-state index contributed by atoms with van der Waals surface area (Å²) in [4.78, 5) is 50.9. The van der Waals surface area contributed by atoms with Gasteiger partial charge in [-0.1, -0.05) is 19.9 Å². The summed E-state index contributed by atoms with van der Waals surface area (Å²) in [7, 11) is 0. The summed E-state index contributed by atoms with van der Waals surface area (Å²) in [6.45, 7) is 5.42. The first-order valence-electron chi connectivity index (χ1n) is 11.2. The molecule has 2 aromatic heterocycles. The van der Waals surface area contributed by atoms with Crippen molar-refractivity contribution < 1.29 is 9.59 Å². The fraction of sp³-hybridized carbons (Fsp3) is 0.565. The van der Waals surface area contributed by atoms with Gasteiger partial charge in [0.25, 0.3) is 5.56 Å². The predicted molar refractivity (Wildman–Crippen MR) is 120 cm³/mol. The Balaban J connectivity index is 1.58. The monoisotopic (exact) mass is 442 g/mol. The second-order valence-electron chi connectivity index (χ2n) is 8.52. The van der Waals surface area contributed by atoms with Gasteiger partial charge in [-0.2, -0.15) is 0 Å². The van der Waals surface area contributed by atoms with Crippen LogP contribution in [0.2, 0.25) is 0 Å². The maximum Gasteiger partial charge on any atom is 0.254 e. The minimum atomic E-state index is -0.220. The van der Waals surface area contributed by atoms with Gasteiger partial charge in [-0.05, 0) is 43.6 Å². The second kappa shape index (κ2) is 9.34. The highest BCUT2D eigenvalue weighted by Crippen LogP contribution is 2.31. The lowest BCUT2D eigenvalue weighted by Crippen LogP contribution is -2.44. The van der Waals surface area contributed by atoms with E-state index in [9.17, 15) is 14.4 Å². The largest absolute Gasteiger partial charge is 0.336 e. The zero-order chi connectivity index (χ0) is 22.0. The highest BCUT2D eigenvalue weighted by atomic mass is 32.1. The van der Waals surface area contributed by atoms with Crippen LogP contribution < -0.4 is 5.56 Å². The molecule has 0 spiro atoms. The quantitative estimate of drug-likeness (QED) is 0.771. The molecule has 2 atom stereocenters. The van der Waals surface area contributed by atoms with Crippen molar-refractivity contribution in [1.29, 1.82) is 0 Å². The minimum Gasteiger partial charge on any atom is -0.336 e. The van der Waals surface area contributed by atoms with Gasteiger partial charge in [0.15, 0.2) is 0 Å². The van der Waals surface area contributed by atoms with E-state index in [-0.39, 0.29) is 29.3 Å². The van der Waals surface area contributed by atoms with E-state index in [0.29, 0.717) is 49.6 Å². The summed E-state index contributed by atoms with van der Waals surface area (Å²) in [5.41, 5.74) is 1.22. The molecule has 0 aliphatic carbocycles. The van der Waals surface area contributed by atoms with Gasteiger partial charge in [-0.25, -0.2) is 4.98 Å². The SMILES string of the molecule is CCC(=O)N1CCc2c(nc(C3CCCCN3C(=O)C(C)Cc3cccs3)[nH]c2=O)C1. The highest BCUT2D eigenvalue weighted by Gasteiger charge is 2.33. The Hall–Kier alpha value is -2.48. The lowest BCUT2D eigenvalue weighted by atomic mass is 9.97. The molecule has 2 aliphatic heterocycles. The molecule has 0 bridgehead atoms. The summed E-state index contributed by atoms with van der Waals surface area (Å²) >= 11 is 1.67. The molecular formula is C23H30N4O3S. The molecule has 7 nitrogen and oxygen atoms in total. The molecule has 0 aromatic carbocycles. The number of carbonyl (C=O) groups excluding carboxylic acids is 2. The van der Waals surface area contributed by atoms with Crippen LogP contribution in [0, 0.1) is 5.92 Å². The molecule has 2 amide bonds. The summed E-state index contributed by atoms with van der Waals surface area (Å²) in [6.07, 6.45) is 4.43. The Bertz CT molecular complexity index is 1000. The van der Waals surface area contributed by atoms with Crippen molar-refractivity contribution in [2.75, 3.05) is 13.1 Å². The zero-order valence-electron chi connectivity index (χ0n) is 18.2. The number of fused-ring (bicyclic) bond motifs is 1. The van der Waals surface area contributed by atoms with Gasteiger partial charge < -0.3 is 14.8 Å². The first-order valence-corrected chi connectivity index (χ1v) is 12.1. The number of hydrogen-bond donors (Lipinski definition) is 1. The van der Waals surface area contributed by atoms with Crippen molar-refractivity contribution >= 4 is 23.2 Å². The molecule has 4 heterocycles. The minimum absolute atomic E-state index is 0.0751. The van der Waals surface area contributed by atoms with E-state index in [4.69, 9.17) is 4.98 Å². The van der Waals surface area contributed by atoms with E-state index in [1.54, 1.807) is 16.2 Å². The lowest BCUT2D eigenvalue weighted by molar-refractivity contribution is -0.139. The molecule has 1 fully saturated rings. The lowest BCUT2D eigenvalue weighted by Gasteiger charge is -2.37. The molecule has 2 unspecified atom stereocenters. The Labute approximate surface area is 186 Å². The molecule has 2 aromatic rings. The standard InChI is InChI=1S/C23H30N4O3S/c1-3-20(28)26-11-9-17-18(14-26)24-21(25-22(17)29)19-8-4-5-10-27(19)23(30)15(2)13-16-7-6-12-31-16/h6-7,12,15,19H,3-5,8-11,13-14H2,1-2H3,(H,24,25,29). The van der Waals surface area contributed by atoms with E-state index in [0.717, 1.165) is 25.7 Å². The normalized spacial score (nSPS) is 19.7. The van der Waals surface area contributed by atoms with E-state index < -0.39 is 0 Å². The first kappa shape index (κ1) is 21.7. The molecule has 1 saturated heterocycles. The number of nitrogens with zero attached hydrogens (tertiary/aromatic N) is 3. The first-order chi connectivity index (χ1) is 15.0. The van der Waals surface area contributed by atoms with Crippen LogP contribution >= 0.6 is 11.3 Å². The van der Waals surface area contributed by atoms with Gasteiger partial charge in [0, 0.05) is 35.9 Å². The van der Waals surface area contributed by atoms with Crippen molar-refractivity contribution in [1.82, 2.24) is 19.8 Å². The molecule has 0 saturated carbocycles. The molecule has 166 valence electrons. The summed E-state index contributed by atoms with van der Waals surface area (Å²) < 4.78 is 0. The summed E-state index contributed by atoms with van der Waals surface area (Å²) in [6, 6.07) is 3.85. The van der Waals surface area contributed by atoms with Gasteiger partial charge in [0.1, 0.15) is 5.82 Å². The third kappa shape index (κ3) is 4.59. The van der Waals surface area contributed by atoms with Crippen molar-refractivity contribution in [3.8, 4) is 0 Å². The molecule has 0 radical (unpaired) electrons. The van der Waals surface area contributed by atoms with Crippen LogP contribution in [0.4, 0.5) is 0 Å². The Morgan fingerprint density at radius 2 is 2.16 bits per heavy atom. The van der Waals surface area contributed by atoms with E-state index in [2.05, 4.69) is 11.1 Å². The molecule has 4 rings (SSSR count). The van der Waals surface area contributed by atoms with Crippen LogP contribution in [0.3, 0.4) is 0 Å². The number of piperidine rings is 1. The van der Waals surface area contributed by atoms with Crippen molar-refractivity contribution in [3.63, 3.8) is 0 Å².